The van der Waals surface area contributed by atoms with Gasteiger partial charge in [0.25, 0.3) is 15.9 Å². The number of amides is 1. The van der Waals surface area contributed by atoms with Crippen molar-refractivity contribution in [1.82, 2.24) is 5.32 Å². The first-order chi connectivity index (χ1) is 16.3. The molecule has 0 spiro atoms. The van der Waals surface area contributed by atoms with E-state index in [1.165, 1.54) is 24.3 Å². The second-order valence-corrected chi connectivity index (χ2v) is 9.95. The molecule has 0 aromatic heterocycles. The molecule has 0 aliphatic heterocycles. The average Bonchev–Trinajstić information content (AvgIpc) is 2.84. The molecule has 0 unspecified atom stereocenters. The van der Waals surface area contributed by atoms with E-state index in [4.69, 9.17) is 9.47 Å². The number of carbonyl (C=O) groups excluding carboxylic acids is 1. The van der Waals surface area contributed by atoms with Crippen molar-refractivity contribution in [2.24, 2.45) is 0 Å². The van der Waals surface area contributed by atoms with E-state index < -0.39 is 10.0 Å². The lowest BCUT2D eigenvalue weighted by molar-refractivity contribution is -0.123. The minimum absolute atomic E-state index is 0.0838. The summed E-state index contributed by atoms with van der Waals surface area (Å²) in [5.74, 6) is 0.793. The van der Waals surface area contributed by atoms with Gasteiger partial charge in [-0.15, -0.1) is 11.8 Å². The first-order valence-corrected chi connectivity index (χ1v) is 13.4. The number of thioether (sulfide) groups is 1. The molecule has 1 atom stereocenters. The maximum absolute atomic E-state index is 12.6. The van der Waals surface area contributed by atoms with Crippen molar-refractivity contribution < 1.29 is 22.7 Å². The van der Waals surface area contributed by atoms with Crippen LogP contribution in [0.15, 0.2) is 82.6 Å². The van der Waals surface area contributed by atoms with Crippen molar-refractivity contribution in [2.45, 2.75) is 29.7 Å². The lowest BCUT2D eigenvalue weighted by atomic mass is 10.1. The number of sulfonamides is 1. The molecule has 9 heteroatoms. The molecule has 0 radical (unpaired) electrons. The van der Waals surface area contributed by atoms with Crippen LogP contribution in [-0.2, 0) is 14.8 Å². The minimum Gasteiger partial charge on any atom is -0.494 e. The summed E-state index contributed by atoms with van der Waals surface area (Å²) in [4.78, 5) is 13.5. The van der Waals surface area contributed by atoms with Crippen LogP contribution in [0.4, 0.5) is 5.69 Å². The van der Waals surface area contributed by atoms with Gasteiger partial charge in [0.15, 0.2) is 6.61 Å². The standard InChI is InChI=1S/C25H28N2O5S2/c1-4-31-21-9-7-20(8-10-21)27-34(29,30)24-15-11-22(12-16-24)32-17-25(28)26-18(2)19-5-13-23(33-3)14-6-19/h5-16,18,27H,4,17H2,1-3H3,(H,26,28)/t18-/m0/s1. The van der Waals surface area contributed by atoms with E-state index in [-0.39, 0.29) is 23.5 Å². The lowest BCUT2D eigenvalue weighted by Crippen LogP contribution is -2.31. The summed E-state index contributed by atoms with van der Waals surface area (Å²) in [5, 5.41) is 2.89. The Morgan fingerprint density at radius 1 is 0.912 bits per heavy atom. The van der Waals surface area contributed by atoms with E-state index in [1.54, 1.807) is 36.0 Å². The van der Waals surface area contributed by atoms with Gasteiger partial charge in [-0.05, 0) is 86.3 Å². The van der Waals surface area contributed by atoms with Gasteiger partial charge in [-0.25, -0.2) is 8.42 Å². The van der Waals surface area contributed by atoms with E-state index in [2.05, 4.69) is 10.0 Å². The minimum atomic E-state index is -3.77. The summed E-state index contributed by atoms with van der Waals surface area (Å²) in [5.41, 5.74) is 1.43. The number of ether oxygens (including phenoxy) is 2. The largest absolute Gasteiger partial charge is 0.494 e. The van der Waals surface area contributed by atoms with Crippen molar-refractivity contribution >= 4 is 33.4 Å². The SMILES string of the molecule is CCOc1ccc(NS(=O)(=O)c2ccc(OCC(=O)N[C@@H](C)c3ccc(SC)cc3)cc2)cc1. The van der Waals surface area contributed by atoms with Gasteiger partial charge >= 0.3 is 0 Å². The molecular weight excluding hydrogens is 472 g/mol. The van der Waals surface area contributed by atoms with Crippen LogP contribution < -0.4 is 19.5 Å². The highest BCUT2D eigenvalue weighted by Gasteiger charge is 2.15. The van der Waals surface area contributed by atoms with Crippen LogP contribution in [0.5, 0.6) is 11.5 Å². The van der Waals surface area contributed by atoms with E-state index in [0.29, 0.717) is 23.8 Å². The number of carbonyl (C=O) groups is 1. The fourth-order valence-corrected chi connectivity index (χ4v) is 4.59. The number of benzene rings is 3. The van der Waals surface area contributed by atoms with Crippen LogP contribution in [0.1, 0.15) is 25.5 Å². The Kier molecular flexibility index (Phi) is 8.84. The molecule has 0 fully saturated rings. The highest BCUT2D eigenvalue weighted by Crippen LogP contribution is 2.22. The molecule has 180 valence electrons. The van der Waals surface area contributed by atoms with E-state index in [9.17, 15) is 13.2 Å². The molecule has 3 aromatic carbocycles. The Morgan fingerprint density at radius 2 is 1.50 bits per heavy atom. The molecule has 0 saturated heterocycles. The maximum Gasteiger partial charge on any atom is 0.261 e. The fourth-order valence-electron chi connectivity index (χ4n) is 3.12. The molecule has 0 saturated carbocycles. The van der Waals surface area contributed by atoms with Crippen LogP contribution in [0.3, 0.4) is 0 Å². The molecule has 0 aliphatic rings. The predicted octanol–water partition coefficient (Wildman–Crippen LogP) is 4.86. The highest BCUT2D eigenvalue weighted by molar-refractivity contribution is 7.98. The molecule has 0 aliphatic carbocycles. The van der Waals surface area contributed by atoms with Gasteiger partial charge in [-0.3, -0.25) is 9.52 Å². The molecule has 0 heterocycles. The Morgan fingerprint density at radius 3 is 2.09 bits per heavy atom. The topological polar surface area (TPSA) is 93.7 Å². The van der Waals surface area contributed by atoms with Crippen molar-refractivity contribution in [3.8, 4) is 11.5 Å². The van der Waals surface area contributed by atoms with Crippen molar-refractivity contribution in [3.63, 3.8) is 0 Å². The first-order valence-electron chi connectivity index (χ1n) is 10.7. The molecule has 0 bridgehead atoms. The van der Waals surface area contributed by atoms with Crippen molar-refractivity contribution in [3.05, 3.63) is 78.4 Å². The predicted molar refractivity (Wildman–Crippen MR) is 135 cm³/mol. The normalized spacial score (nSPS) is 12.0. The summed E-state index contributed by atoms with van der Waals surface area (Å²) in [6.07, 6.45) is 2.01. The Labute approximate surface area is 204 Å². The summed E-state index contributed by atoms with van der Waals surface area (Å²) in [6.45, 7) is 4.14. The molecule has 3 rings (SSSR count). The zero-order valence-electron chi connectivity index (χ0n) is 19.3. The molecular formula is C25H28N2O5S2. The molecule has 7 nitrogen and oxygen atoms in total. The third-order valence-corrected chi connectivity index (χ3v) is 7.06. The zero-order chi connectivity index (χ0) is 24.6. The molecule has 2 N–H and O–H groups in total. The molecule has 3 aromatic rings. The van der Waals surface area contributed by atoms with Gasteiger partial charge < -0.3 is 14.8 Å². The Hall–Kier alpha value is -3.17. The summed E-state index contributed by atoms with van der Waals surface area (Å²) < 4.78 is 38.7. The van der Waals surface area contributed by atoms with Gasteiger partial charge in [-0.2, -0.15) is 0 Å². The van der Waals surface area contributed by atoms with Crippen LogP contribution in [0.25, 0.3) is 0 Å². The fraction of sp³-hybridized carbons (Fsp3) is 0.240. The van der Waals surface area contributed by atoms with Gasteiger partial charge in [0, 0.05) is 10.6 Å². The van der Waals surface area contributed by atoms with Gasteiger partial charge in [0.05, 0.1) is 17.5 Å². The monoisotopic (exact) mass is 500 g/mol. The summed E-state index contributed by atoms with van der Waals surface area (Å²) in [7, 11) is -3.77. The molecule has 34 heavy (non-hydrogen) atoms. The number of rotatable bonds is 11. The van der Waals surface area contributed by atoms with Crippen LogP contribution in [-0.4, -0.2) is 33.8 Å². The van der Waals surface area contributed by atoms with Gasteiger partial charge in [-0.1, -0.05) is 12.1 Å². The number of nitrogens with one attached hydrogen (secondary N) is 2. The summed E-state index contributed by atoms with van der Waals surface area (Å²) >= 11 is 1.66. The van der Waals surface area contributed by atoms with Crippen molar-refractivity contribution in [1.29, 1.82) is 0 Å². The second-order valence-electron chi connectivity index (χ2n) is 7.39. The van der Waals surface area contributed by atoms with Crippen LogP contribution in [0, 0.1) is 0 Å². The molecule has 1 amide bonds. The van der Waals surface area contributed by atoms with Crippen LogP contribution >= 0.6 is 11.8 Å². The smallest absolute Gasteiger partial charge is 0.261 e. The second kappa shape index (κ2) is 11.8. The Bertz CT molecular complexity index is 1180. The number of hydrogen-bond acceptors (Lipinski definition) is 6. The lowest BCUT2D eigenvalue weighted by Gasteiger charge is -2.15. The maximum atomic E-state index is 12.6. The summed E-state index contributed by atoms with van der Waals surface area (Å²) in [6, 6.07) is 20.4. The third-order valence-electron chi connectivity index (χ3n) is 4.91. The quantitative estimate of drug-likeness (QED) is 0.365. The third kappa shape index (κ3) is 7.16. The number of anilines is 1. The first kappa shape index (κ1) is 25.5. The Balaban J connectivity index is 1.52. The number of hydrogen-bond donors (Lipinski definition) is 2. The van der Waals surface area contributed by atoms with Crippen molar-refractivity contribution in [2.75, 3.05) is 24.2 Å². The highest BCUT2D eigenvalue weighted by atomic mass is 32.2. The van der Waals surface area contributed by atoms with Gasteiger partial charge in [0.1, 0.15) is 11.5 Å². The average molecular weight is 501 g/mol. The zero-order valence-corrected chi connectivity index (χ0v) is 20.9. The van der Waals surface area contributed by atoms with E-state index in [1.807, 2.05) is 44.4 Å². The van der Waals surface area contributed by atoms with E-state index in [0.717, 1.165) is 10.5 Å². The van der Waals surface area contributed by atoms with Gasteiger partial charge in [0.2, 0.25) is 0 Å². The van der Waals surface area contributed by atoms with Crippen LogP contribution in [0.2, 0.25) is 0 Å². The van der Waals surface area contributed by atoms with E-state index >= 15 is 0 Å².